The van der Waals surface area contributed by atoms with E-state index in [1.165, 1.54) is 18.3 Å². The van der Waals surface area contributed by atoms with Crippen LogP contribution in [0.3, 0.4) is 0 Å². The molecule has 0 spiro atoms. The van der Waals surface area contributed by atoms with Gasteiger partial charge in [0.25, 0.3) is 5.91 Å². The number of aromatic nitrogens is 2. The van der Waals surface area contributed by atoms with Crippen molar-refractivity contribution < 1.29 is 14.0 Å². The molecule has 152 valence electrons. The molecule has 1 aliphatic rings. The molecule has 1 aromatic carbocycles. The molecule has 1 atom stereocenters. The fourth-order valence-corrected chi connectivity index (χ4v) is 3.59. The van der Waals surface area contributed by atoms with E-state index in [0.29, 0.717) is 35.6 Å². The number of amides is 1. The molecule has 0 aliphatic carbocycles. The quantitative estimate of drug-likeness (QED) is 0.629. The summed E-state index contributed by atoms with van der Waals surface area (Å²) in [6, 6.07) is 9.26. The monoisotopic (exact) mass is 404 g/mol. The maximum absolute atomic E-state index is 14.7. The van der Waals surface area contributed by atoms with Gasteiger partial charge in [-0.2, -0.15) is 0 Å². The van der Waals surface area contributed by atoms with Crippen LogP contribution in [0.1, 0.15) is 57.3 Å². The van der Waals surface area contributed by atoms with E-state index in [1.54, 1.807) is 41.6 Å². The van der Waals surface area contributed by atoms with Gasteiger partial charge in [0.2, 0.25) is 0 Å². The molecule has 3 aromatic rings. The van der Waals surface area contributed by atoms with Crippen molar-refractivity contribution in [2.24, 2.45) is 0 Å². The first-order valence-electron chi connectivity index (χ1n) is 9.77. The van der Waals surface area contributed by atoms with Gasteiger partial charge in [-0.05, 0) is 49.7 Å². The van der Waals surface area contributed by atoms with Crippen molar-refractivity contribution in [3.63, 3.8) is 0 Å². The number of nitrogens with zero attached hydrogens (tertiary/aromatic N) is 3. The average molecular weight is 404 g/mol. The van der Waals surface area contributed by atoms with Crippen LogP contribution in [-0.2, 0) is 6.54 Å². The molecule has 30 heavy (non-hydrogen) atoms. The Labute approximate surface area is 173 Å². The number of anilines is 1. The van der Waals surface area contributed by atoms with Gasteiger partial charge in [-0.3, -0.25) is 14.6 Å². The van der Waals surface area contributed by atoms with E-state index in [-0.39, 0.29) is 17.5 Å². The minimum Gasteiger partial charge on any atom is -0.363 e. The average Bonchev–Trinajstić information content (AvgIpc) is 3.10. The molecule has 1 N–H and O–H groups in total. The first-order valence-corrected chi connectivity index (χ1v) is 9.77. The van der Waals surface area contributed by atoms with Crippen LogP contribution >= 0.6 is 0 Å². The lowest BCUT2D eigenvalue weighted by Crippen LogP contribution is -2.22. The first kappa shape index (κ1) is 19.7. The Kier molecular flexibility index (Phi) is 5.27. The molecule has 0 bridgehead atoms. The highest BCUT2D eigenvalue weighted by molar-refractivity contribution is 6.09. The summed E-state index contributed by atoms with van der Waals surface area (Å²) in [5, 5.41) is 3.28. The van der Waals surface area contributed by atoms with Crippen LogP contribution in [0.4, 0.5) is 10.2 Å². The summed E-state index contributed by atoms with van der Waals surface area (Å²) in [4.78, 5) is 34.9. The third kappa shape index (κ3) is 3.54. The topological polar surface area (TPSA) is 75.2 Å². The normalized spacial score (nSPS) is 13.8. The third-order valence-corrected chi connectivity index (χ3v) is 5.32. The van der Waals surface area contributed by atoms with Crippen molar-refractivity contribution >= 4 is 17.5 Å². The fraction of sp³-hybridized carbons (Fsp3) is 0.217. The molecule has 2 aromatic heterocycles. The number of benzene rings is 1. The fourth-order valence-electron chi connectivity index (χ4n) is 3.59. The Balaban J connectivity index is 1.56. The van der Waals surface area contributed by atoms with Crippen molar-refractivity contribution in [2.45, 2.75) is 26.4 Å². The van der Waals surface area contributed by atoms with E-state index in [1.807, 2.05) is 13.8 Å². The Hall–Kier alpha value is -3.61. The molecule has 0 fully saturated rings. The Bertz CT molecular complexity index is 1120. The third-order valence-electron chi connectivity index (χ3n) is 5.32. The number of hydrogen-bond acceptors (Lipinski definition) is 5. The molecule has 7 heteroatoms. The second-order valence-electron chi connectivity index (χ2n) is 7.18. The first-order chi connectivity index (χ1) is 14.5. The molecule has 6 nitrogen and oxygen atoms in total. The molecular weight excluding hydrogens is 383 g/mol. The maximum Gasteiger partial charge on any atom is 0.254 e. The summed E-state index contributed by atoms with van der Waals surface area (Å²) >= 11 is 0. The van der Waals surface area contributed by atoms with Gasteiger partial charge < -0.3 is 10.2 Å². The smallest absolute Gasteiger partial charge is 0.254 e. The van der Waals surface area contributed by atoms with E-state index in [4.69, 9.17) is 0 Å². The number of ketones is 1. The summed E-state index contributed by atoms with van der Waals surface area (Å²) in [7, 11) is 0. The Morgan fingerprint density at radius 1 is 1.27 bits per heavy atom. The predicted octanol–water partition coefficient (Wildman–Crippen LogP) is 4.00. The van der Waals surface area contributed by atoms with Crippen LogP contribution in [0.2, 0.25) is 0 Å². The van der Waals surface area contributed by atoms with Crippen LogP contribution in [0.15, 0.2) is 55.0 Å². The summed E-state index contributed by atoms with van der Waals surface area (Å²) in [6.07, 6.45) is 4.58. The van der Waals surface area contributed by atoms with Gasteiger partial charge in [-0.15, -0.1) is 0 Å². The SMILES string of the molecule is CCN1Cc2c(ccnc2N[C@@H](C)c2ccc(C(=O)c3cccnc3)c(F)c2)C1=O. The number of rotatable bonds is 6. The maximum atomic E-state index is 14.7. The lowest BCUT2D eigenvalue weighted by molar-refractivity contribution is 0.0787. The number of halogens is 1. The van der Waals surface area contributed by atoms with Gasteiger partial charge in [-0.1, -0.05) is 6.07 Å². The lowest BCUT2D eigenvalue weighted by Gasteiger charge is -2.18. The van der Waals surface area contributed by atoms with E-state index in [0.717, 1.165) is 5.56 Å². The predicted molar refractivity (Wildman–Crippen MR) is 111 cm³/mol. The number of fused-ring (bicyclic) bond motifs is 1. The van der Waals surface area contributed by atoms with Crippen LogP contribution in [0, 0.1) is 5.82 Å². The minimum atomic E-state index is -0.589. The molecule has 0 radical (unpaired) electrons. The van der Waals surface area contributed by atoms with Crippen molar-refractivity contribution in [1.82, 2.24) is 14.9 Å². The summed E-state index contributed by atoms with van der Waals surface area (Å²) in [5.74, 6) is -0.391. The molecular formula is C23H21FN4O2. The van der Waals surface area contributed by atoms with Crippen molar-refractivity contribution in [1.29, 1.82) is 0 Å². The van der Waals surface area contributed by atoms with E-state index in [9.17, 15) is 14.0 Å². The second kappa shape index (κ2) is 8.02. The molecule has 1 amide bonds. The molecule has 1 aliphatic heterocycles. The van der Waals surface area contributed by atoms with Crippen LogP contribution in [0.5, 0.6) is 0 Å². The standard InChI is InChI=1S/C23H21FN4O2/c1-3-28-13-19-17(23(28)30)8-10-26-22(19)27-14(2)15-6-7-18(20(24)11-15)21(29)16-5-4-9-25-12-16/h4-12,14H,3,13H2,1-2H3,(H,26,27)/t14-/m0/s1. The highest BCUT2D eigenvalue weighted by Crippen LogP contribution is 2.30. The molecule has 4 rings (SSSR count). The Morgan fingerprint density at radius 2 is 2.10 bits per heavy atom. The van der Waals surface area contributed by atoms with Crippen LogP contribution in [-0.4, -0.2) is 33.1 Å². The zero-order valence-electron chi connectivity index (χ0n) is 16.7. The van der Waals surface area contributed by atoms with Crippen LogP contribution < -0.4 is 5.32 Å². The number of carbonyl (C=O) groups is 2. The van der Waals surface area contributed by atoms with E-state index >= 15 is 0 Å². The van der Waals surface area contributed by atoms with E-state index in [2.05, 4.69) is 15.3 Å². The lowest BCUT2D eigenvalue weighted by atomic mass is 10.00. The van der Waals surface area contributed by atoms with Crippen molar-refractivity contribution in [3.05, 3.63) is 88.6 Å². The van der Waals surface area contributed by atoms with Gasteiger partial charge in [0.15, 0.2) is 5.78 Å². The summed E-state index contributed by atoms with van der Waals surface area (Å²) in [5.41, 5.74) is 2.50. The van der Waals surface area contributed by atoms with Gasteiger partial charge in [0, 0.05) is 41.8 Å². The van der Waals surface area contributed by atoms with Crippen molar-refractivity contribution in [2.75, 3.05) is 11.9 Å². The van der Waals surface area contributed by atoms with E-state index < -0.39 is 11.6 Å². The number of hydrogen-bond donors (Lipinski definition) is 1. The van der Waals surface area contributed by atoms with Gasteiger partial charge in [0.1, 0.15) is 11.6 Å². The number of nitrogens with one attached hydrogen (secondary N) is 1. The molecule has 0 saturated carbocycles. The van der Waals surface area contributed by atoms with Crippen molar-refractivity contribution in [3.8, 4) is 0 Å². The summed E-state index contributed by atoms with van der Waals surface area (Å²) < 4.78 is 14.7. The number of pyridine rings is 2. The molecule has 0 unspecified atom stereocenters. The Morgan fingerprint density at radius 3 is 2.80 bits per heavy atom. The zero-order chi connectivity index (χ0) is 21.3. The van der Waals surface area contributed by atoms with Gasteiger partial charge >= 0.3 is 0 Å². The summed E-state index contributed by atoms with van der Waals surface area (Å²) in [6.45, 7) is 4.94. The zero-order valence-corrected chi connectivity index (χ0v) is 16.7. The van der Waals surface area contributed by atoms with Gasteiger partial charge in [-0.25, -0.2) is 9.37 Å². The van der Waals surface area contributed by atoms with Gasteiger partial charge in [0.05, 0.1) is 18.2 Å². The second-order valence-corrected chi connectivity index (χ2v) is 7.18. The molecule has 0 saturated heterocycles. The van der Waals surface area contributed by atoms with Crippen LogP contribution in [0.25, 0.3) is 0 Å². The number of carbonyl (C=O) groups excluding carboxylic acids is 2. The highest BCUT2D eigenvalue weighted by Gasteiger charge is 2.29. The molecule has 3 heterocycles. The minimum absolute atomic E-state index is 0.00172. The largest absolute Gasteiger partial charge is 0.363 e. The highest BCUT2D eigenvalue weighted by atomic mass is 19.1.